The molecule has 0 aromatic carbocycles. The van der Waals surface area contributed by atoms with E-state index in [1.54, 1.807) is 30.5 Å². The minimum absolute atomic E-state index is 0.174. The molecule has 0 saturated heterocycles. The highest BCUT2D eigenvalue weighted by molar-refractivity contribution is 5.59. The molecule has 1 rings (SSSR count). The van der Waals surface area contributed by atoms with Crippen LogP contribution in [0.25, 0.3) is 6.08 Å². The minimum Gasteiger partial charge on any atom is -0.465 e. The van der Waals surface area contributed by atoms with Crippen molar-refractivity contribution >= 4 is 12.2 Å². The van der Waals surface area contributed by atoms with Crippen molar-refractivity contribution in [1.82, 2.24) is 0 Å². The highest BCUT2D eigenvalue weighted by atomic mass is 16.7. The molecule has 4 heteroatoms. The maximum absolute atomic E-state index is 10.5. The Balaban J connectivity index is 2.23. The van der Waals surface area contributed by atoms with E-state index in [9.17, 15) is 4.79 Å². The Morgan fingerprint density at radius 1 is 1.69 bits per heavy atom. The molecular formula is C9H10O4. The summed E-state index contributed by atoms with van der Waals surface area (Å²) >= 11 is 0. The summed E-state index contributed by atoms with van der Waals surface area (Å²) in [5.74, 6) is 0.716. The van der Waals surface area contributed by atoms with Gasteiger partial charge in [-0.15, -0.1) is 0 Å². The van der Waals surface area contributed by atoms with Crippen molar-refractivity contribution in [2.45, 2.75) is 0 Å². The summed E-state index contributed by atoms with van der Waals surface area (Å²) in [7, 11) is 1.26. The fourth-order valence-electron chi connectivity index (χ4n) is 0.725. The van der Waals surface area contributed by atoms with Gasteiger partial charge in [-0.1, -0.05) is 0 Å². The summed E-state index contributed by atoms with van der Waals surface area (Å²) in [4.78, 5) is 10.5. The maximum atomic E-state index is 10.5. The van der Waals surface area contributed by atoms with E-state index in [1.165, 1.54) is 7.11 Å². The molecule has 1 aromatic heterocycles. The normalized spacial score (nSPS) is 10.2. The Bertz CT molecular complexity index is 274. The number of carbonyl (C=O) groups excluding carboxylic acids is 1. The van der Waals surface area contributed by atoms with Gasteiger partial charge >= 0.3 is 6.16 Å². The Labute approximate surface area is 75.7 Å². The molecule has 0 aliphatic rings. The molecular weight excluding hydrogens is 172 g/mol. The van der Waals surface area contributed by atoms with Crippen molar-refractivity contribution in [2.24, 2.45) is 0 Å². The predicted molar refractivity (Wildman–Crippen MR) is 46.1 cm³/mol. The first-order chi connectivity index (χ1) is 6.33. The summed E-state index contributed by atoms with van der Waals surface area (Å²) in [6, 6.07) is 3.58. The van der Waals surface area contributed by atoms with Crippen LogP contribution in [0.2, 0.25) is 0 Å². The Morgan fingerprint density at radius 2 is 2.54 bits per heavy atom. The molecule has 0 bridgehead atoms. The van der Waals surface area contributed by atoms with Gasteiger partial charge in [0.2, 0.25) is 0 Å². The van der Waals surface area contributed by atoms with E-state index in [-0.39, 0.29) is 6.61 Å². The SMILES string of the molecule is COC(=O)OC/C=C/c1ccco1. The smallest absolute Gasteiger partial charge is 0.465 e. The average Bonchev–Trinajstić information content (AvgIpc) is 2.64. The standard InChI is InChI=1S/C9H10O4/c1-11-9(10)13-7-3-5-8-4-2-6-12-8/h2-6H,7H2,1H3/b5-3+. The fourth-order valence-corrected chi connectivity index (χ4v) is 0.725. The van der Waals surface area contributed by atoms with Gasteiger partial charge in [-0.25, -0.2) is 4.79 Å². The van der Waals surface area contributed by atoms with Gasteiger partial charge in [0.1, 0.15) is 12.4 Å². The first kappa shape index (κ1) is 9.38. The molecule has 0 fully saturated rings. The van der Waals surface area contributed by atoms with Crippen molar-refractivity contribution in [1.29, 1.82) is 0 Å². The zero-order chi connectivity index (χ0) is 9.52. The minimum atomic E-state index is -0.691. The average molecular weight is 182 g/mol. The van der Waals surface area contributed by atoms with Gasteiger partial charge in [-0.05, 0) is 24.3 Å². The molecule has 0 aliphatic carbocycles. The monoisotopic (exact) mass is 182 g/mol. The van der Waals surface area contributed by atoms with Crippen LogP contribution in [0.1, 0.15) is 5.76 Å². The highest BCUT2D eigenvalue weighted by Crippen LogP contribution is 2.01. The Hall–Kier alpha value is -1.71. The second-order valence-electron chi connectivity index (χ2n) is 2.18. The fraction of sp³-hybridized carbons (Fsp3) is 0.222. The van der Waals surface area contributed by atoms with Gasteiger partial charge in [-0.3, -0.25) is 0 Å². The number of hydrogen-bond acceptors (Lipinski definition) is 4. The molecule has 0 unspecified atom stereocenters. The van der Waals surface area contributed by atoms with Crippen LogP contribution < -0.4 is 0 Å². The van der Waals surface area contributed by atoms with E-state index < -0.39 is 6.16 Å². The van der Waals surface area contributed by atoms with Gasteiger partial charge in [0.15, 0.2) is 0 Å². The summed E-state index contributed by atoms with van der Waals surface area (Å²) in [6.07, 6.45) is 4.25. The van der Waals surface area contributed by atoms with Gasteiger partial charge in [0.25, 0.3) is 0 Å². The molecule has 13 heavy (non-hydrogen) atoms. The topological polar surface area (TPSA) is 48.7 Å². The van der Waals surface area contributed by atoms with Gasteiger partial charge in [-0.2, -0.15) is 0 Å². The van der Waals surface area contributed by atoms with Crippen molar-refractivity contribution in [2.75, 3.05) is 13.7 Å². The molecule has 0 radical (unpaired) electrons. The Kier molecular flexibility index (Phi) is 3.63. The zero-order valence-electron chi connectivity index (χ0n) is 7.23. The van der Waals surface area contributed by atoms with Crippen LogP contribution >= 0.6 is 0 Å². The van der Waals surface area contributed by atoms with Crippen LogP contribution in [-0.2, 0) is 9.47 Å². The first-order valence-electron chi connectivity index (χ1n) is 3.73. The lowest BCUT2D eigenvalue weighted by molar-refractivity contribution is 0.0819. The quantitative estimate of drug-likeness (QED) is 0.671. The lowest BCUT2D eigenvalue weighted by Crippen LogP contribution is -2.03. The highest BCUT2D eigenvalue weighted by Gasteiger charge is 1.95. The molecule has 0 atom stereocenters. The van der Waals surface area contributed by atoms with Gasteiger partial charge in [0.05, 0.1) is 13.4 Å². The third-order valence-electron chi connectivity index (χ3n) is 1.29. The number of ether oxygens (including phenoxy) is 2. The van der Waals surface area contributed by atoms with E-state index in [4.69, 9.17) is 4.42 Å². The summed E-state index contributed by atoms with van der Waals surface area (Å²) in [6.45, 7) is 0.174. The van der Waals surface area contributed by atoms with E-state index >= 15 is 0 Å². The van der Waals surface area contributed by atoms with Crippen LogP contribution in [0.3, 0.4) is 0 Å². The number of furan rings is 1. The molecule has 70 valence electrons. The number of rotatable bonds is 3. The van der Waals surface area contributed by atoms with E-state index in [2.05, 4.69) is 9.47 Å². The Morgan fingerprint density at radius 3 is 3.15 bits per heavy atom. The summed E-state index contributed by atoms with van der Waals surface area (Å²) in [5.41, 5.74) is 0. The van der Waals surface area contributed by atoms with Crippen LogP contribution in [0.15, 0.2) is 28.9 Å². The van der Waals surface area contributed by atoms with Gasteiger partial charge in [0, 0.05) is 0 Å². The molecule has 0 N–H and O–H groups in total. The van der Waals surface area contributed by atoms with Crippen molar-refractivity contribution in [3.05, 3.63) is 30.2 Å². The van der Waals surface area contributed by atoms with Crippen molar-refractivity contribution < 1.29 is 18.7 Å². The maximum Gasteiger partial charge on any atom is 0.508 e. The molecule has 4 nitrogen and oxygen atoms in total. The molecule has 1 aromatic rings. The molecule has 1 heterocycles. The zero-order valence-corrected chi connectivity index (χ0v) is 7.23. The predicted octanol–water partition coefficient (Wildman–Crippen LogP) is 2.08. The van der Waals surface area contributed by atoms with E-state index in [0.29, 0.717) is 5.76 Å². The second kappa shape index (κ2) is 5.03. The van der Waals surface area contributed by atoms with Crippen LogP contribution in [0.5, 0.6) is 0 Å². The second-order valence-corrected chi connectivity index (χ2v) is 2.18. The van der Waals surface area contributed by atoms with E-state index in [0.717, 1.165) is 0 Å². The van der Waals surface area contributed by atoms with Gasteiger partial charge < -0.3 is 13.9 Å². The van der Waals surface area contributed by atoms with Crippen molar-refractivity contribution in [3.63, 3.8) is 0 Å². The lowest BCUT2D eigenvalue weighted by Gasteiger charge is -1.96. The van der Waals surface area contributed by atoms with Crippen LogP contribution in [0, 0.1) is 0 Å². The molecule has 0 amide bonds. The van der Waals surface area contributed by atoms with E-state index in [1.807, 2.05) is 0 Å². The largest absolute Gasteiger partial charge is 0.508 e. The van der Waals surface area contributed by atoms with Crippen LogP contribution in [0.4, 0.5) is 4.79 Å². The third-order valence-corrected chi connectivity index (χ3v) is 1.29. The molecule has 0 saturated carbocycles. The van der Waals surface area contributed by atoms with Crippen molar-refractivity contribution in [3.8, 4) is 0 Å². The first-order valence-corrected chi connectivity index (χ1v) is 3.73. The lowest BCUT2D eigenvalue weighted by atomic mass is 10.4. The number of hydrogen-bond donors (Lipinski definition) is 0. The summed E-state index contributed by atoms with van der Waals surface area (Å²) < 4.78 is 13.9. The molecule has 0 aliphatic heterocycles. The summed E-state index contributed by atoms with van der Waals surface area (Å²) in [5, 5.41) is 0. The van der Waals surface area contributed by atoms with Crippen LogP contribution in [-0.4, -0.2) is 19.9 Å². The number of carbonyl (C=O) groups is 1. The third kappa shape index (κ3) is 3.46. The number of methoxy groups -OCH3 is 1. The molecule has 0 spiro atoms.